The fourth-order valence-corrected chi connectivity index (χ4v) is 4.18. The van der Waals surface area contributed by atoms with Crippen LogP contribution in [0.4, 0.5) is 15.8 Å². The number of rotatable bonds is 5. The van der Waals surface area contributed by atoms with Gasteiger partial charge in [-0.15, -0.1) is 0 Å². The summed E-state index contributed by atoms with van der Waals surface area (Å²) < 4.78 is 24.4. The van der Waals surface area contributed by atoms with Crippen LogP contribution >= 0.6 is 0 Å². The molecule has 1 aliphatic heterocycles. The minimum Gasteiger partial charge on any atom is -0.465 e. The SMILES string of the molecule is COC(=O)c1ccc(-c2cc(-c3ccc(N4CCCCC4C)c(NC(C)=O)c3)on2)cc1F. The van der Waals surface area contributed by atoms with E-state index in [1.165, 1.54) is 32.6 Å². The Labute approximate surface area is 191 Å². The normalized spacial score (nSPS) is 15.9. The van der Waals surface area contributed by atoms with Gasteiger partial charge in [0.15, 0.2) is 5.76 Å². The Kier molecular flexibility index (Phi) is 6.44. The molecule has 4 rings (SSSR count). The second-order valence-corrected chi connectivity index (χ2v) is 8.21. The summed E-state index contributed by atoms with van der Waals surface area (Å²) in [6.45, 7) is 4.61. The molecule has 2 aromatic carbocycles. The fraction of sp³-hybridized carbons (Fsp3) is 0.320. The van der Waals surface area contributed by atoms with Gasteiger partial charge in [0.2, 0.25) is 5.91 Å². The van der Waals surface area contributed by atoms with Gasteiger partial charge in [-0.25, -0.2) is 9.18 Å². The fourth-order valence-electron chi connectivity index (χ4n) is 4.18. The Balaban J connectivity index is 1.65. The lowest BCUT2D eigenvalue weighted by molar-refractivity contribution is -0.114. The largest absolute Gasteiger partial charge is 0.465 e. The van der Waals surface area contributed by atoms with Crippen molar-refractivity contribution in [3.63, 3.8) is 0 Å². The Bertz CT molecular complexity index is 1190. The first kappa shape index (κ1) is 22.5. The van der Waals surface area contributed by atoms with Crippen LogP contribution in [0.15, 0.2) is 47.0 Å². The summed E-state index contributed by atoms with van der Waals surface area (Å²) in [6.07, 6.45) is 3.42. The Morgan fingerprint density at radius 2 is 1.94 bits per heavy atom. The van der Waals surface area contributed by atoms with Gasteiger partial charge in [-0.3, -0.25) is 4.79 Å². The molecule has 2 heterocycles. The summed E-state index contributed by atoms with van der Waals surface area (Å²) in [7, 11) is 1.20. The van der Waals surface area contributed by atoms with E-state index in [1.54, 1.807) is 12.1 Å². The summed E-state index contributed by atoms with van der Waals surface area (Å²) in [5.41, 5.74) is 3.16. The lowest BCUT2D eigenvalue weighted by atomic mass is 10.0. The van der Waals surface area contributed by atoms with Gasteiger partial charge < -0.3 is 19.5 Å². The van der Waals surface area contributed by atoms with Crippen molar-refractivity contribution in [3.8, 4) is 22.6 Å². The van der Waals surface area contributed by atoms with E-state index in [-0.39, 0.29) is 11.5 Å². The van der Waals surface area contributed by atoms with Crippen LogP contribution in [0.5, 0.6) is 0 Å². The maximum atomic E-state index is 14.3. The zero-order chi connectivity index (χ0) is 23.5. The number of carbonyl (C=O) groups excluding carboxylic acids is 2. The predicted molar refractivity (Wildman–Crippen MR) is 124 cm³/mol. The van der Waals surface area contributed by atoms with Crippen molar-refractivity contribution in [1.29, 1.82) is 0 Å². The molecule has 172 valence electrons. The maximum absolute atomic E-state index is 14.3. The molecule has 3 aromatic rings. The molecular weight excluding hydrogens is 425 g/mol. The number of hydrogen-bond acceptors (Lipinski definition) is 6. The molecule has 1 aliphatic rings. The maximum Gasteiger partial charge on any atom is 0.340 e. The number of esters is 1. The highest BCUT2D eigenvalue weighted by atomic mass is 19.1. The Morgan fingerprint density at radius 1 is 1.15 bits per heavy atom. The number of piperidine rings is 1. The van der Waals surface area contributed by atoms with Crippen LogP contribution in [0.25, 0.3) is 22.6 Å². The van der Waals surface area contributed by atoms with E-state index in [9.17, 15) is 14.0 Å². The molecule has 1 N–H and O–H groups in total. The van der Waals surface area contributed by atoms with Gasteiger partial charge in [-0.1, -0.05) is 11.2 Å². The number of amides is 1. The third-order valence-electron chi connectivity index (χ3n) is 5.88. The molecule has 8 heteroatoms. The van der Waals surface area contributed by atoms with Crippen LogP contribution in [0.3, 0.4) is 0 Å². The number of hydrogen-bond donors (Lipinski definition) is 1. The van der Waals surface area contributed by atoms with Crippen molar-refractivity contribution >= 4 is 23.3 Å². The quantitative estimate of drug-likeness (QED) is 0.532. The van der Waals surface area contributed by atoms with Crippen LogP contribution in [0.2, 0.25) is 0 Å². The Morgan fingerprint density at radius 3 is 2.64 bits per heavy atom. The monoisotopic (exact) mass is 451 g/mol. The van der Waals surface area contributed by atoms with Gasteiger partial charge >= 0.3 is 5.97 Å². The molecule has 0 bridgehead atoms. The van der Waals surface area contributed by atoms with E-state index >= 15 is 0 Å². The number of halogens is 1. The average Bonchev–Trinajstić information content (AvgIpc) is 3.29. The standard InChI is InChI=1S/C25H26FN3O4/c1-15-6-4-5-11-29(15)23-10-8-18(13-22(23)27-16(2)30)24-14-21(28-33-24)17-7-9-19(20(26)12-17)25(31)32-3/h7-10,12-15H,4-6,11H2,1-3H3,(H,27,30). The van der Waals surface area contributed by atoms with Crippen molar-refractivity contribution < 1.29 is 23.2 Å². The van der Waals surface area contributed by atoms with E-state index in [4.69, 9.17) is 4.52 Å². The second kappa shape index (κ2) is 9.44. The van der Waals surface area contributed by atoms with Gasteiger partial charge in [-0.2, -0.15) is 0 Å². The third-order valence-corrected chi connectivity index (χ3v) is 5.88. The number of ether oxygens (including phenoxy) is 1. The first-order valence-electron chi connectivity index (χ1n) is 10.9. The molecule has 7 nitrogen and oxygen atoms in total. The highest BCUT2D eigenvalue weighted by molar-refractivity contribution is 5.94. The molecule has 1 atom stereocenters. The number of nitrogens with one attached hydrogen (secondary N) is 1. The molecule has 0 aliphatic carbocycles. The van der Waals surface area contributed by atoms with Gasteiger partial charge in [0.1, 0.15) is 11.5 Å². The van der Waals surface area contributed by atoms with E-state index in [2.05, 4.69) is 27.0 Å². The van der Waals surface area contributed by atoms with Crippen LogP contribution in [-0.2, 0) is 9.53 Å². The van der Waals surface area contributed by atoms with Gasteiger partial charge in [0.05, 0.1) is 24.0 Å². The van der Waals surface area contributed by atoms with E-state index in [0.717, 1.165) is 30.6 Å². The lowest BCUT2D eigenvalue weighted by Crippen LogP contribution is -2.38. The minimum atomic E-state index is -0.742. The van der Waals surface area contributed by atoms with Crippen LogP contribution < -0.4 is 10.2 Å². The molecule has 0 radical (unpaired) electrons. The Hall–Kier alpha value is -3.68. The van der Waals surface area contributed by atoms with Crippen molar-refractivity contribution in [2.24, 2.45) is 0 Å². The van der Waals surface area contributed by atoms with E-state index < -0.39 is 11.8 Å². The first-order chi connectivity index (χ1) is 15.9. The summed E-state index contributed by atoms with van der Waals surface area (Å²) in [4.78, 5) is 25.8. The summed E-state index contributed by atoms with van der Waals surface area (Å²) in [6, 6.07) is 12.0. The second-order valence-electron chi connectivity index (χ2n) is 8.21. The molecule has 33 heavy (non-hydrogen) atoms. The molecule has 1 amide bonds. The van der Waals surface area contributed by atoms with Gasteiger partial charge in [0.25, 0.3) is 0 Å². The average molecular weight is 451 g/mol. The lowest BCUT2D eigenvalue weighted by Gasteiger charge is -2.36. The van der Waals surface area contributed by atoms with Crippen LogP contribution in [-0.4, -0.2) is 36.7 Å². The summed E-state index contributed by atoms with van der Waals surface area (Å²) in [5.74, 6) is -1.12. The summed E-state index contributed by atoms with van der Waals surface area (Å²) >= 11 is 0. The highest BCUT2D eigenvalue weighted by Crippen LogP contribution is 2.36. The number of aromatic nitrogens is 1. The van der Waals surface area contributed by atoms with Crippen molar-refractivity contribution in [2.75, 3.05) is 23.9 Å². The summed E-state index contributed by atoms with van der Waals surface area (Å²) in [5, 5.41) is 6.99. The third kappa shape index (κ3) is 4.74. The first-order valence-corrected chi connectivity index (χ1v) is 10.9. The van der Waals surface area contributed by atoms with Crippen LogP contribution in [0, 0.1) is 5.82 Å². The topological polar surface area (TPSA) is 84.7 Å². The molecule has 1 aromatic heterocycles. The zero-order valence-electron chi connectivity index (χ0n) is 18.9. The van der Waals surface area contributed by atoms with Crippen molar-refractivity contribution in [1.82, 2.24) is 5.16 Å². The molecule has 1 unspecified atom stereocenters. The molecular formula is C25H26FN3O4. The van der Waals surface area contributed by atoms with Gasteiger partial charge in [-0.05, 0) is 56.5 Å². The van der Waals surface area contributed by atoms with Crippen molar-refractivity contribution in [3.05, 3.63) is 53.8 Å². The highest BCUT2D eigenvalue weighted by Gasteiger charge is 2.22. The number of anilines is 2. The number of nitrogens with zero attached hydrogens (tertiary/aromatic N) is 2. The number of methoxy groups -OCH3 is 1. The number of carbonyl (C=O) groups is 2. The van der Waals surface area contributed by atoms with E-state index in [0.29, 0.717) is 28.7 Å². The molecule has 1 saturated heterocycles. The molecule has 0 saturated carbocycles. The minimum absolute atomic E-state index is 0.146. The predicted octanol–water partition coefficient (Wildman–Crippen LogP) is 5.27. The van der Waals surface area contributed by atoms with E-state index in [1.807, 2.05) is 18.2 Å². The zero-order valence-corrected chi connectivity index (χ0v) is 18.9. The van der Waals surface area contributed by atoms with Gasteiger partial charge in [0, 0.05) is 36.7 Å². The number of benzene rings is 2. The van der Waals surface area contributed by atoms with Crippen molar-refractivity contribution in [2.45, 2.75) is 39.2 Å². The molecule has 0 spiro atoms. The smallest absolute Gasteiger partial charge is 0.340 e. The molecule has 1 fully saturated rings. The van der Waals surface area contributed by atoms with Crippen LogP contribution in [0.1, 0.15) is 43.5 Å².